The fraction of sp³-hybridized carbons (Fsp3) is 0. The van der Waals surface area contributed by atoms with Crippen LogP contribution in [0.15, 0.2) is 224 Å². The van der Waals surface area contributed by atoms with Crippen molar-refractivity contribution in [1.29, 1.82) is 0 Å². The molecule has 0 aliphatic heterocycles. The summed E-state index contributed by atoms with van der Waals surface area (Å²) < 4.78 is 2.66. The minimum atomic E-state index is 1.10. The van der Waals surface area contributed by atoms with E-state index in [0.29, 0.717) is 0 Å². The van der Waals surface area contributed by atoms with Crippen molar-refractivity contribution >= 4 is 70.1 Å². The fourth-order valence-corrected chi connectivity index (χ4v) is 9.86. The zero-order valence-electron chi connectivity index (χ0n) is 31.7. The summed E-state index contributed by atoms with van der Waals surface area (Å²) in [6.07, 6.45) is 0. The second kappa shape index (κ2) is 14.4. The van der Waals surface area contributed by atoms with Crippen molar-refractivity contribution in [1.82, 2.24) is 0 Å². The van der Waals surface area contributed by atoms with Crippen molar-refractivity contribution in [3.63, 3.8) is 0 Å². The lowest BCUT2D eigenvalue weighted by molar-refractivity contribution is 1.28. The van der Waals surface area contributed by atoms with Crippen molar-refractivity contribution in [3.8, 4) is 44.5 Å². The van der Waals surface area contributed by atoms with E-state index in [4.69, 9.17) is 0 Å². The Hall–Kier alpha value is -7.26. The van der Waals surface area contributed by atoms with Gasteiger partial charge in [-0.15, -0.1) is 11.3 Å². The molecule has 11 rings (SSSR count). The van der Waals surface area contributed by atoms with Crippen LogP contribution in [-0.4, -0.2) is 0 Å². The van der Waals surface area contributed by atoms with Gasteiger partial charge in [0.15, 0.2) is 0 Å². The van der Waals surface area contributed by atoms with E-state index in [1.165, 1.54) is 86.2 Å². The Morgan fingerprint density at radius 3 is 1.31 bits per heavy atom. The molecule has 0 radical (unpaired) electrons. The highest BCUT2D eigenvalue weighted by molar-refractivity contribution is 7.26. The SMILES string of the molecule is c1cc(-c2ccc(N(c3ccc(-c4cccc5ccccc45)cc3)c3ccc(-c4cccc5ccccc45)cc3)cc2)cc(-c2cccc3c2sc2ccccc23)c1. The van der Waals surface area contributed by atoms with E-state index in [-0.39, 0.29) is 0 Å². The van der Waals surface area contributed by atoms with Crippen LogP contribution in [-0.2, 0) is 0 Å². The zero-order chi connectivity index (χ0) is 38.4. The van der Waals surface area contributed by atoms with Crippen LogP contribution in [0.4, 0.5) is 17.1 Å². The van der Waals surface area contributed by atoms with E-state index < -0.39 is 0 Å². The molecule has 1 heterocycles. The Bertz CT molecular complexity index is 3130. The van der Waals surface area contributed by atoms with E-state index in [9.17, 15) is 0 Å². The van der Waals surface area contributed by atoms with Crippen LogP contribution < -0.4 is 4.90 Å². The van der Waals surface area contributed by atoms with Crippen molar-refractivity contribution < 1.29 is 0 Å². The zero-order valence-corrected chi connectivity index (χ0v) is 32.5. The molecule has 0 unspecified atom stereocenters. The summed E-state index contributed by atoms with van der Waals surface area (Å²) in [5.41, 5.74) is 13.1. The summed E-state index contributed by atoms with van der Waals surface area (Å²) in [4.78, 5) is 2.36. The molecule has 272 valence electrons. The number of thiophene rings is 1. The smallest absolute Gasteiger partial charge is 0.0462 e. The Kier molecular flexibility index (Phi) is 8.42. The van der Waals surface area contributed by atoms with Gasteiger partial charge in [-0.3, -0.25) is 0 Å². The average molecular weight is 756 g/mol. The Morgan fingerprint density at radius 2 is 0.707 bits per heavy atom. The van der Waals surface area contributed by atoms with E-state index >= 15 is 0 Å². The number of hydrogen-bond acceptors (Lipinski definition) is 2. The first-order valence-electron chi connectivity index (χ1n) is 19.8. The van der Waals surface area contributed by atoms with Crippen LogP contribution in [0.5, 0.6) is 0 Å². The molecular formula is C56H37NS. The third-order valence-electron chi connectivity index (χ3n) is 11.5. The molecule has 0 saturated heterocycles. The molecule has 58 heavy (non-hydrogen) atoms. The monoisotopic (exact) mass is 755 g/mol. The van der Waals surface area contributed by atoms with Gasteiger partial charge in [0.2, 0.25) is 0 Å². The molecule has 0 fully saturated rings. The second-order valence-corrected chi connectivity index (χ2v) is 15.9. The number of hydrogen-bond donors (Lipinski definition) is 0. The van der Waals surface area contributed by atoms with Crippen LogP contribution in [0.25, 0.3) is 86.2 Å². The summed E-state index contributed by atoms with van der Waals surface area (Å²) in [5, 5.41) is 7.67. The van der Waals surface area contributed by atoms with Gasteiger partial charge in [-0.05, 0) is 115 Å². The van der Waals surface area contributed by atoms with Gasteiger partial charge < -0.3 is 4.90 Å². The van der Waals surface area contributed by atoms with E-state index in [0.717, 1.165) is 17.1 Å². The first-order valence-corrected chi connectivity index (χ1v) is 20.6. The van der Waals surface area contributed by atoms with Gasteiger partial charge in [0, 0.05) is 37.2 Å². The molecule has 0 amide bonds. The summed E-state index contributed by atoms with van der Waals surface area (Å²) >= 11 is 1.88. The summed E-state index contributed by atoms with van der Waals surface area (Å²) in [6, 6.07) is 81.8. The number of rotatable bonds is 7. The highest BCUT2D eigenvalue weighted by atomic mass is 32.1. The lowest BCUT2D eigenvalue weighted by Gasteiger charge is -2.26. The molecule has 1 nitrogen and oxygen atoms in total. The molecule has 0 saturated carbocycles. The van der Waals surface area contributed by atoms with Crippen molar-refractivity contribution in [3.05, 3.63) is 224 Å². The first kappa shape index (κ1) is 34.0. The van der Waals surface area contributed by atoms with Crippen LogP contribution >= 0.6 is 11.3 Å². The molecule has 0 aliphatic carbocycles. The standard InChI is InChI=1S/C56H37NS/c1-3-17-48-39(11-1)13-8-20-50(48)41-27-33-46(34-28-41)57(47-35-29-42(30-36-47)51-21-9-14-40-12-2-4-18-49(40)51)45-31-25-38(26-32-45)43-15-7-16-44(37-43)52-22-10-23-54-53-19-5-6-24-55(53)58-56(52)54/h1-37H. The fourth-order valence-electron chi connectivity index (χ4n) is 8.63. The summed E-state index contributed by atoms with van der Waals surface area (Å²) in [5.74, 6) is 0. The molecule has 0 bridgehead atoms. The van der Waals surface area contributed by atoms with Crippen molar-refractivity contribution in [2.24, 2.45) is 0 Å². The average Bonchev–Trinajstić information content (AvgIpc) is 3.69. The minimum Gasteiger partial charge on any atom is -0.311 e. The van der Waals surface area contributed by atoms with Gasteiger partial charge in [0.1, 0.15) is 0 Å². The Labute approximate surface area is 342 Å². The maximum Gasteiger partial charge on any atom is 0.0462 e. The number of anilines is 3. The molecule has 0 N–H and O–H groups in total. The normalized spacial score (nSPS) is 11.4. The molecule has 11 aromatic rings. The molecule has 2 heteroatoms. The van der Waals surface area contributed by atoms with Crippen LogP contribution in [0.1, 0.15) is 0 Å². The van der Waals surface area contributed by atoms with E-state index in [2.05, 4.69) is 229 Å². The van der Waals surface area contributed by atoms with Gasteiger partial charge >= 0.3 is 0 Å². The molecule has 0 spiro atoms. The van der Waals surface area contributed by atoms with Crippen LogP contribution in [0.2, 0.25) is 0 Å². The van der Waals surface area contributed by atoms with Crippen molar-refractivity contribution in [2.75, 3.05) is 4.90 Å². The number of nitrogens with zero attached hydrogens (tertiary/aromatic N) is 1. The second-order valence-electron chi connectivity index (χ2n) is 14.9. The number of benzene rings is 10. The van der Waals surface area contributed by atoms with Crippen LogP contribution in [0, 0.1) is 0 Å². The van der Waals surface area contributed by atoms with Gasteiger partial charge in [-0.2, -0.15) is 0 Å². The Morgan fingerprint density at radius 1 is 0.276 bits per heavy atom. The number of fused-ring (bicyclic) bond motifs is 5. The summed E-state index contributed by atoms with van der Waals surface area (Å²) in [6.45, 7) is 0. The van der Waals surface area contributed by atoms with Gasteiger partial charge in [0.05, 0.1) is 0 Å². The highest BCUT2D eigenvalue weighted by Gasteiger charge is 2.16. The van der Waals surface area contributed by atoms with Gasteiger partial charge in [0.25, 0.3) is 0 Å². The highest BCUT2D eigenvalue weighted by Crippen LogP contribution is 2.42. The quantitative estimate of drug-likeness (QED) is 0.157. The predicted octanol–water partition coefficient (Wildman–Crippen LogP) is 16.5. The largest absolute Gasteiger partial charge is 0.311 e. The molecule has 0 atom stereocenters. The Balaban J connectivity index is 0.970. The van der Waals surface area contributed by atoms with Crippen LogP contribution in [0.3, 0.4) is 0 Å². The maximum atomic E-state index is 2.36. The molecule has 10 aromatic carbocycles. The molecule has 0 aliphatic rings. The molecule has 1 aromatic heterocycles. The minimum absolute atomic E-state index is 1.10. The third kappa shape index (κ3) is 6.03. The first-order chi connectivity index (χ1) is 28.7. The van der Waals surface area contributed by atoms with Gasteiger partial charge in [-0.25, -0.2) is 0 Å². The van der Waals surface area contributed by atoms with Gasteiger partial charge in [-0.1, -0.05) is 176 Å². The van der Waals surface area contributed by atoms with E-state index in [1.807, 2.05) is 11.3 Å². The predicted molar refractivity (Wildman–Crippen MR) is 251 cm³/mol. The van der Waals surface area contributed by atoms with E-state index in [1.54, 1.807) is 0 Å². The lowest BCUT2D eigenvalue weighted by Crippen LogP contribution is -2.09. The maximum absolute atomic E-state index is 2.36. The summed E-state index contributed by atoms with van der Waals surface area (Å²) in [7, 11) is 0. The third-order valence-corrected chi connectivity index (χ3v) is 12.7. The van der Waals surface area contributed by atoms with Crippen molar-refractivity contribution in [2.45, 2.75) is 0 Å². The lowest BCUT2D eigenvalue weighted by atomic mass is 9.97. The topological polar surface area (TPSA) is 3.24 Å². The molecular weight excluding hydrogens is 719 g/mol.